The lowest BCUT2D eigenvalue weighted by Crippen LogP contribution is -2.18. The summed E-state index contributed by atoms with van der Waals surface area (Å²) in [7, 11) is 0. The van der Waals surface area contributed by atoms with Crippen molar-refractivity contribution in [3.8, 4) is 11.3 Å². The van der Waals surface area contributed by atoms with E-state index in [-0.39, 0.29) is 17.0 Å². The van der Waals surface area contributed by atoms with Crippen LogP contribution in [-0.4, -0.2) is 16.5 Å². The van der Waals surface area contributed by atoms with Crippen molar-refractivity contribution in [3.05, 3.63) is 40.5 Å². The fraction of sp³-hybridized carbons (Fsp3) is 0.231. The van der Waals surface area contributed by atoms with Gasteiger partial charge in [-0.15, -0.1) is 0 Å². The Hall–Kier alpha value is -1.65. The fourth-order valence-electron chi connectivity index (χ4n) is 1.69. The quantitative estimate of drug-likeness (QED) is 0.867. The largest absolute Gasteiger partial charge is 0.384 e. The highest BCUT2D eigenvalue weighted by Crippen LogP contribution is 2.34. The van der Waals surface area contributed by atoms with Crippen LogP contribution in [0.25, 0.3) is 11.3 Å². The van der Waals surface area contributed by atoms with Gasteiger partial charge in [0.1, 0.15) is 11.3 Å². The van der Waals surface area contributed by atoms with Gasteiger partial charge in [0.25, 0.3) is 0 Å². The number of benzene rings is 1. The standard InChI is InChI=1S/C13H12ClNO3/c1-13(2,17)12-9(7-16)11(18-15-12)8-5-3-4-6-10(8)14/h3-7,17H,1-2H3. The second-order valence-electron chi connectivity index (χ2n) is 4.43. The first-order valence-corrected chi connectivity index (χ1v) is 5.75. The molecule has 0 radical (unpaired) electrons. The fourth-order valence-corrected chi connectivity index (χ4v) is 1.91. The molecular weight excluding hydrogens is 254 g/mol. The zero-order valence-corrected chi connectivity index (χ0v) is 10.7. The molecule has 0 saturated heterocycles. The molecule has 0 aliphatic rings. The number of aromatic nitrogens is 1. The average molecular weight is 266 g/mol. The molecule has 0 saturated carbocycles. The molecule has 1 aromatic carbocycles. The first-order valence-electron chi connectivity index (χ1n) is 5.37. The van der Waals surface area contributed by atoms with Crippen LogP contribution in [0.1, 0.15) is 29.9 Å². The summed E-state index contributed by atoms with van der Waals surface area (Å²) in [5.74, 6) is 0.271. The summed E-state index contributed by atoms with van der Waals surface area (Å²) < 4.78 is 5.15. The molecule has 1 heterocycles. The van der Waals surface area contributed by atoms with Crippen LogP contribution >= 0.6 is 11.6 Å². The van der Waals surface area contributed by atoms with Crippen molar-refractivity contribution in [3.63, 3.8) is 0 Å². The van der Waals surface area contributed by atoms with Crippen molar-refractivity contribution >= 4 is 17.9 Å². The average Bonchev–Trinajstić information content (AvgIpc) is 2.72. The normalized spacial score (nSPS) is 11.6. The summed E-state index contributed by atoms with van der Waals surface area (Å²) in [5, 5.41) is 14.1. The summed E-state index contributed by atoms with van der Waals surface area (Å²) in [6.45, 7) is 3.07. The molecular formula is C13H12ClNO3. The third kappa shape index (κ3) is 2.17. The number of halogens is 1. The molecule has 2 rings (SSSR count). The highest BCUT2D eigenvalue weighted by atomic mass is 35.5. The minimum Gasteiger partial charge on any atom is -0.384 e. The molecule has 0 amide bonds. The number of aliphatic hydroxyl groups is 1. The van der Waals surface area contributed by atoms with Crippen LogP contribution in [0.2, 0.25) is 5.02 Å². The maximum Gasteiger partial charge on any atom is 0.179 e. The molecule has 0 aliphatic carbocycles. The third-order valence-electron chi connectivity index (χ3n) is 2.54. The molecule has 1 aromatic heterocycles. The van der Waals surface area contributed by atoms with E-state index in [1.807, 2.05) is 0 Å². The summed E-state index contributed by atoms with van der Waals surface area (Å²) >= 11 is 6.05. The molecule has 0 unspecified atom stereocenters. The van der Waals surface area contributed by atoms with Gasteiger partial charge in [0, 0.05) is 5.56 Å². The summed E-state index contributed by atoms with van der Waals surface area (Å²) in [5.41, 5.74) is -0.258. The predicted octanol–water partition coefficient (Wildman–Crippen LogP) is 3.03. The zero-order chi connectivity index (χ0) is 13.3. The molecule has 94 valence electrons. The van der Waals surface area contributed by atoms with Crippen LogP contribution in [0.3, 0.4) is 0 Å². The Labute approximate surface area is 109 Å². The summed E-state index contributed by atoms with van der Waals surface area (Å²) in [6, 6.07) is 6.98. The van der Waals surface area contributed by atoms with Crippen molar-refractivity contribution < 1.29 is 14.4 Å². The molecule has 0 bridgehead atoms. The maximum atomic E-state index is 11.2. The van der Waals surface area contributed by atoms with Crippen LogP contribution in [0, 0.1) is 0 Å². The Kier molecular flexibility index (Phi) is 3.24. The summed E-state index contributed by atoms with van der Waals surface area (Å²) in [6.07, 6.45) is 0.614. The van der Waals surface area contributed by atoms with Crippen LogP contribution in [0.4, 0.5) is 0 Å². The molecule has 0 aliphatic heterocycles. The van der Waals surface area contributed by atoms with E-state index in [1.165, 1.54) is 13.8 Å². The minimum absolute atomic E-state index is 0.201. The first-order chi connectivity index (χ1) is 8.45. The number of aldehydes is 1. The maximum absolute atomic E-state index is 11.2. The topological polar surface area (TPSA) is 63.3 Å². The Morgan fingerprint density at radius 1 is 1.39 bits per heavy atom. The van der Waals surface area contributed by atoms with Crippen LogP contribution in [0.5, 0.6) is 0 Å². The van der Waals surface area contributed by atoms with E-state index < -0.39 is 5.60 Å². The van der Waals surface area contributed by atoms with Gasteiger partial charge in [-0.1, -0.05) is 28.9 Å². The van der Waals surface area contributed by atoms with E-state index in [2.05, 4.69) is 5.16 Å². The molecule has 5 heteroatoms. The highest BCUT2D eigenvalue weighted by Gasteiger charge is 2.28. The van der Waals surface area contributed by atoms with Gasteiger partial charge >= 0.3 is 0 Å². The highest BCUT2D eigenvalue weighted by molar-refractivity contribution is 6.33. The molecule has 1 N–H and O–H groups in total. The van der Waals surface area contributed by atoms with E-state index in [9.17, 15) is 9.90 Å². The van der Waals surface area contributed by atoms with Gasteiger partial charge in [-0.05, 0) is 26.0 Å². The van der Waals surface area contributed by atoms with Gasteiger partial charge in [-0.3, -0.25) is 4.79 Å². The van der Waals surface area contributed by atoms with Crippen LogP contribution < -0.4 is 0 Å². The molecule has 18 heavy (non-hydrogen) atoms. The summed E-state index contributed by atoms with van der Waals surface area (Å²) in [4.78, 5) is 11.2. The third-order valence-corrected chi connectivity index (χ3v) is 2.87. The first kappa shape index (κ1) is 12.8. The number of carbonyl (C=O) groups excluding carboxylic acids is 1. The van der Waals surface area contributed by atoms with Gasteiger partial charge in [-0.25, -0.2) is 0 Å². The van der Waals surface area contributed by atoms with E-state index in [0.29, 0.717) is 16.9 Å². The van der Waals surface area contributed by atoms with Gasteiger partial charge in [0.15, 0.2) is 12.0 Å². The lowest BCUT2D eigenvalue weighted by Gasteiger charge is -2.13. The van der Waals surface area contributed by atoms with Gasteiger partial charge in [-0.2, -0.15) is 0 Å². The lowest BCUT2D eigenvalue weighted by atomic mass is 9.98. The number of hydrogen-bond donors (Lipinski definition) is 1. The SMILES string of the molecule is CC(C)(O)c1noc(-c2ccccc2Cl)c1C=O. The van der Waals surface area contributed by atoms with E-state index in [4.69, 9.17) is 16.1 Å². The number of hydrogen-bond acceptors (Lipinski definition) is 4. The Morgan fingerprint density at radius 2 is 2.06 bits per heavy atom. The van der Waals surface area contributed by atoms with Crippen molar-refractivity contribution in [2.24, 2.45) is 0 Å². The van der Waals surface area contributed by atoms with E-state index >= 15 is 0 Å². The van der Waals surface area contributed by atoms with Gasteiger partial charge in [0.2, 0.25) is 0 Å². The molecule has 0 atom stereocenters. The lowest BCUT2D eigenvalue weighted by molar-refractivity contribution is 0.0688. The Morgan fingerprint density at radius 3 is 2.61 bits per heavy atom. The smallest absolute Gasteiger partial charge is 0.179 e. The Bertz CT molecular complexity index is 584. The van der Waals surface area contributed by atoms with E-state index in [1.54, 1.807) is 24.3 Å². The van der Waals surface area contributed by atoms with Crippen molar-refractivity contribution in [1.82, 2.24) is 5.16 Å². The van der Waals surface area contributed by atoms with E-state index in [0.717, 1.165) is 0 Å². The van der Waals surface area contributed by atoms with Gasteiger partial charge in [0.05, 0.1) is 10.6 Å². The second kappa shape index (κ2) is 4.55. The van der Waals surface area contributed by atoms with Crippen LogP contribution in [-0.2, 0) is 5.60 Å². The number of rotatable bonds is 3. The molecule has 4 nitrogen and oxygen atoms in total. The van der Waals surface area contributed by atoms with Crippen molar-refractivity contribution in [1.29, 1.82) is 0 Å². The molecule has 0 spiro atoms. The number of nitrogens with zero attached hydrogens (tertiary/aromatic N) is 1. The van der Waals surface area contributed by atoms with Gasteiger partial charge < -0.3 is 9.63 Å². The molecule has 2 aromatic rings. The second-order valence-corrected chi connectivity index (χ2v) is 4.84. The predicted molar refractivity (Wildman–Crippen MR) is 67.6 cm³/mol. The van der Waals surface area contributed by atoms with Crippen LogP contribution in [0.15, 0.2) is 28.8 Å². The van der Waals surface area contributed by atoms with Crippen molar-refractivity contribution in [2.75, 3.05) is 0 Å². The number of carbonyl (C=O) groups is 1. The monoisotopic (exact) mass is 265 g/mol. The van der Waals surface area contributed by atoms with Crippen molar-refractivity contribution in [2.45, 2.75) is 19.4 Å². The zero-order valence-electron chi connectivity index (χ0n) is 9.98. The minimum atomic E-state index is -1.25. The molecule has 0 fully saturated rings. The Balaban J connectivity index is 2.64.